The zero-order chi connectivity index (χ0) is 21.3. The van der Waals surface area contributed by atoms with Crippen LogP contribution >= 0.6 is 11.6 Å². The van der Waals surface area contributed by atoms with Gasteiger partial charge < -0.3 is 32.4 Å². The monoisotopic (exact) mass is 483 g/mol. The van der Waals surface area contributed by atoms with Gasteiger partial charge >= 0.3 is 0 Å². The molecular weight excluding hydrogens is 426 g/mol. The molecule has 6 nitrogen and oxygen atoms in total. The van der Waals surface area contributed by atoms with Crippen LogP contribution in [0.2, 0.25) is 0 Å². The van der Waals surface area contributed by atoms with Crippen molar-refractivity contribution >= 4 is 11.6 Å². The Hall–Kier alpha value is -0.210. The van der Waals surface area contributed by atoms with Gasteiger partial charge in [0.15, 0.2) is 0 Å². The summed E-state index contributed by atoms with van der Waals surface area (Å²) in [5, 5.41) is 4.71. The van der Waals surface area contributed by atoms with Crippen LogP contribution in [0.15, 0.2) is 11.1 Å². The van der Waals surface area contributed by atoms with E-state index in [4.69, 9.17) is 17.3 Å². The third-order valence-corrected chi connectivity index (χ3v) is 6.51. The fourth-order valence-electron chi connectivity index (χ4n) is 4.76. The largest absolute Gasteiger partial charge is 0.412 e. The Kier molecular flexibility index (Phi) is 23.3. The maximum Gasteiger partial charge on any atom is 0.0218 e. The molecule has 0 bridgehead atoms. The molecule has 3 atom stereocenters. The van der Waals surface area contributed by atoms with Crippen molar-refractivity contribution in [3.63, 3.8) is 0 Å². The first kappa shape index (κ1) is 39.0. The van der Waals surface area contributed by atoms with Crippen LogP contribution in [0.25, 0.3) is 0 Å². The van der Waals surface area contributed by atoms with Crippen molar-refractivity contribution in [1.29, 1.82) is 0 Å². The minimum atomic E-state index is 0. The first-order valence-corrected chi connectivity index (χ1v) is 11.9. The van der Waals surface area contributed by atoms with Crippen molar-refractivity contribution in [2.75, 3.05) is 32.7 Å². The van der Waals surface area contributed by atoms with Gasteiger partial charge in [0, 0.05) is 37.3 Å². The van der Waals surface area contributed by atoms with Gasteiger partial charge in [-0.05, 0) is 61.3 Å². The summed E-state index contributed by atoms with van der Waals surface area (Å²) in [5.74, 6) is 3.12. The lowest BCUT2D eigenvalue weighted by Crippen LogP contribution is -2.53. The molecule has 0 radical (unpaired) electrons. The van der Waals surface area contributed by atoms with E-state index in [1.807, 2.05) is 0 Å². The standard InChI is InChI=1S/C20H38ClN3.C4H10.CH4.3H2O/c1-15(2)19(23-11-10-22)13-24-12-9-18(20(3,4)14-24)16-5-7-17(21)8-6-16;1-4(2)3;;;;/h7,15-16,18-19,23H,5-6,8-14,22H2,1-4H3;4H,1-3H3;1H4;3*1H2/t16?,18?,19-;;;;;/m0...../s1. The first-order chi connectivity index (χ1) is 13.1. The number of rotatable bonds is 7. The summed E-state index contributed by atoms with van der Waals surface area (Å²) in [6, 6.07) is 0.539. The third kappa shape index (κ3) is 14.1. The van der Waals surface area contributed by atoms with Crippen LogP contribution < -0.4 is 11.1 Å². The minimum Gasteiger partial charge on any atom is -0.412 e. The van der Waals surface area contributed by atoms with Crippen LogP contribution in [0.3, 0.4) is 0 Å². The molecule has 2 rings (SSSR count). The Labute approximate surface area is 204 Å². The Balaban J connectivity index is -0.000000452. The molecule has 198 valence electrons. The second-order valence-corrected chi connectivity index (χ2v) is 11.1. The number of hydrogen-bond acceptors (Lipinski definition) is 3. The average Bonchev–Trinajstić information content (AvgIpc) is 2.58. The molecule has 0 saturated carbocycles. The summed E-state index contributed by atoms with van der Waals surface area (Å²) in [7, 11) is 0. The van der Waals surface area contributed by atoms with E-state index in [1.54, 1.807) is 0 Å². The van der Waals surface area contributed by atoms with Gasteiger partial charge in [0.2, 0.25) is 0 Å². The molecule has 32 heavy (non-hydrogen) atoms. The van der Waals surface area contributed by atoms with Crippen molar-refractivity contribution in [3.8, 4) is 0 Å². The van der Waals surface area contributed by atoms with E-state index in [9.17, 15) is 0 Å². The van der Waals surface area contributed by atoms with E-state index in [2.05, 4.69) is 64.8 Å². The molecule has 2 aliphatic rings. The molecule has 0 aromatic heterocycles. The zero-order valence-corrected chi connectivity index (χ0v) is 22.0. The van der Waals surface area contributed by atoms with Gasteiger partial charge in [0.1, 0.15) is 0 Å². The van der Waals surface area contributed by atoms with Crippen LogP contribution in [0.5, 0.6) is 0 Å². The smallest absolute Gasteiger partial charge is 0.0218 e. The van der Waals surface area contributed by atoms with Crippen LogP contribution in [0.4, 0.5) is 0 Å². The highest BCUT2D eigenvalue weighted by Crippen LogP contribution is 2.44. The Morgan fingerprint density at radius 1 is 1.12 bits per heavy atom. The highest BCUT2D eigenvalue weighted by molar-refractivity contribution is 6.29. The van der Waals surface area contributed by atoms with E-state index in [0.717, 1.165) is 42.3 Å². The summed E-state index contributed by atoms with van der Waals surface area (Å²) in [4.78, 5) is 2.68. The molecule has 1 heterocycles. The van der Waals surface area contributed by atoms with Crippen molar-refractivity contribution in [2.45, 2.75) is 87.6 Å². The molecule has 0 aromatic carbocycles. The summed E-state index contributed by atoms with van der Waals surface area (Å²) >= 11 is 6.18. The Morgan fingerprint density at radius 2 is 1.69 bits per heavy atom. The normalized spacial score (nSPS) is 23.3. The molecule has 1 aliphatic carbocycles. The lowest BCUT2D eigenvalue weighted by atomic mass is 9.65. The van der Waals surface area contributed by atoms with Gasteiger partial charge in [0.25, 0.3) is 0 Å². The second-order valence-electron chi connectivity index (χ2n) is 10.6. The molecule has 9 N–H and O–H groups in total. The number of piperidine rings is 1. The fraction of sp³-hybridized carbons (Fsp3) is 0.920. The summed E-state index contributed by atoms with van der Waals surface area (Å²) in [5.41, 5.74) is 6.06. The topological polar surface area (TPSA) is 136 Å². The molecule has 1 saturated heterocycles. The van der Waals surface area contributed by atoms with E-state index >= 15 is 0 Å². The lowest BCUT2D eigenvalue weighted by molar-refractivity contribution is 0.0119. The number of nitrogens with one attached hydrogen (secondary N) is 1. The number of nitrogens with two attached hydrogens (primary N) is 1. The van der Waals surface area contributed by atoms with Crippen molar-refractivity contribution in [3.05, 3.63) is 11.1 Å². The highest BCUT2D eigenvalue weighted by atomic mass is 35.5. The Morgan fingerprint density at radius 3 is 2.09 bits per heavy atom. The minimum absolute atomic E-state index is 0. The first-order valence-electron chi connectivity index (χ1n) is 11.6. The summed E-state index contributed by atoms with van der Waals surface area (Å²) < 4.78 is 0. The van der Waals surface area contributed by atoms with E-state index in [1.165, 1.54) is 32.4 Å². The quantitative estimate of drug-likeness (QED) is 0.571. The van der Waals surface area contributed by atoms with Crippen LogP contribution in [-0.4, -0.2) is 60.1 Å². The number of hydrogen-bond donors (Lipinski definition) is 2. The third-order valence-electron chi connectivity index (χ3n) is 6.17. The maximum absolute atomic E-state index is 6.18. The van der Waals surface area contributed by atoms with Crippen LogP contribution in [-0.2, 0) is 0 Å². The van der Waals surface area contributed by atoms with E-state index < -0.39 is 0 Å². The summed E-state index contributed by atoms with van der Waals surface area (Å²) in [6.07, 6.45) is 7.13. The molecule has 1 fully saturated rings. The van der Waals surface area contributed by atoms with E-state index in [0.29, 0.717) is 23.9 Å². The van der Waals surface area contributed by atoms with Gasteiger partial charge in [-0.15, -0.1) is 0 Å². The van der Waals surface area contributed by atoms with Crippen molar-refractivity contribution in [1.82, 2.24) is 10.2 Å². The number of halogens is 1. The molecule has 0 amide bonds. The zero-order valence-electron chi connectivity index (χ0n) is 21.2. The SMILES string of the molecule is C.CC(C)C.CC(C)[C@H](CN1CCC(C2CC=C(Cl)CC2)C(C)(C)C1)NCCN.O.O.O. The van der Waals surface area contributed by atoms with Crippen molar-refractivity contribution < 1.29 is 16.4 Å². The summed E-state index contributed by atoms with van der Waals surface area (Å²) in [6.45, 7) is 21.3. The fourth-order valence-corrected chi connectivity index (χ4v) is 4.96. The lowest BCUT2D eigenvalue weighted by Gasteiger charge is -2.49. The van der Waals surface area contributed by atoms with E-state index in [-0.39, 0.29) is 23.9 Å². The molecule has 0 aromatic rings. The van der Waals surface area contributed by atoms with Gasteiger partial charge in [0.05, 0.1) is 0 Å². The van der Waals surface area contributed by atoms with Gasteiger partial charge in [-0.25, -0.2) is 0 Å². The number of nitrogens with zero attached hydrogens (tertiary/aromatic N) is 1. The molecule has 1 aliphatic heterocycles. The molecular formula is C25H58ClN3O3. The molecule has 2 unspecified atom stereocenters. The number of likely N-dealkylation sites (tertiary alicyclic amines) is 1. The predicted octanol–water partition coefficient (Wildman–Crippen LogP) is 3.65. The predicted molar refractivity (Wildman–Crippen MR) is 143 cm³/mol. The van der Waals surface area contributed by atoms with Gasteiger partial charge in [-0.1, -0.05) is 73.6 Å². The molecule has 0 spiro atoms. The Bertz CT molecular complexity index is 471. The van der Waals surface area contributed by atoms with Crippen molar-refractivity contribution in [2.24, 2.45) is 34.8 Å². The molecule has 7 heteroatoms. The number of allylic oxidation sites excluding steroid dienone is 2. The van der Waals surface area contributed by atoms with Gasteiger partial charge in [-0.3, -0.25) is 0 Å². The second kappa shape index (κ2) is 19.1. The highest BCUT2D eigenvalue weighted by Gasteiger charge is 2.40. The van der Waals surface area contributed by atoms with Crippen LogP contribution in [0.1, 0.15) is 81.6 Å². The van der Waals surface area contributed by atoms with Gasteiger partial charge in [-0.2, -0.15) is 0 Å². The maximum atomic E-state index is 6.18. The average molecular weight is 484 g/mol. The van der Waals surface area contributed by atoms with Crippen LogP contribution in [0, 0.1) is 29.1 Å².